The number of carbonyl (C=O) groups is 9. The van der Waals surface area contributed by atoms with Crippen molar-refractivity contribution >= 4 is 123 Å². The number of ether oxygens (including phenoxy) is 3. The summed E-state index contributed by atoms with van der Waals surface area (Å²) in [6.45, 7) is 67.2. The summed E-state index contributed by atoms with van der Waals surface area (Å²) in [6, 6.07) is 48.0. The average molecular weight is 1830 g/mol. The van der Waals surface area contributed by atoms with Crippen molar-refractivity contribution in [1.82, 2.24) is 10.2 Å². The van der Waals surface area contributed by atoms with Gasteiger partial charge in [-0.1, -0.05) is 234 Å². The number of ketones is 2. The van der Waals surface area contributed by atoms with Crippen LogP contribution in [0.2, 0.25) is 0 Å². The zero-order chi connectivity index (χ0) is 97.4. The van der Waals surface area contributed by atoms with E-state index in [9.17, 15) is 47.5 Å². The molecule has 0 saturated carbocycles. The highest BCUT2D eigenvalue weighted by molar-refractivity contribution is 7.81. The number of aldehydes is 3. The Kier molecular flexibility index (Phi) is 69.1. The van der Waals surface area contributed by atoms with Gasteiger partial charge < -0.3 is 44.0 Å². The molecule has 2 atom stereocenters. The third-order valence-corrected chi connectivity index (χ3v) is 20.2. The molecular weight excluding hydrogens is 1680 g/mol. The summed E-state index contributed by atoms with van der Waals surface area (Å²) in [5.74, 6) is -1.60. The molecule has 2 bridgehead atoms. The van der Waals surface area contributed by atoms with E-state index >= 15 is 0 Å². The van der Waals surface area contributed by atoms with Crippen molar-refractivity contribution in [2.24, 2.45) is 0 Å². The maximum Gasteiger partial charge on any atom is 0.348 e. The van der Waals surface area contributed by atoms with Gasteiger partial charge in [-0.15, -0.1) is 64.0 Å². The number of thiophene rings is 1. The van der Waals surface area contributed by atoms with Crippen LogP contribution in [0.5, 0.6) is 0 Å². The predicted molar refractivity (Wildman–Crippen MR) is 547 cm³/mol. The van der Waals surface area contributed by atoms with Gasteiger partial charge in [0, 0.05) is 152 Å². The molecule has 6 aromatic carbocycles. The molecule has 7 heterocycles. The maximum absolute atomic E-state index is 12.4. The second-order valence-electron chi connectivity index (χ2n) is 26.3. The van der Waals surface area contributed by atoms with Crippen LogP contribution < -0.4 is 29.8 Å². The average Bonchev–Trinajstić information content (AvgIpc) is 1.64. The number of para-hydroxylation sites is 5. The molecular formula is C106H145ClFN7O12S2. The largest absolute Gasteiger partial charge is 0.465 e. The Morgan fingerprint density at radius 3 is 1.48 bits per heavy atom. The third kappa shape index (κ3) is 41.7. The first-order chi connectivity index (χ1) is 62.7. The second kappa shape index (κ2) is 74.5. The molecule has 702 valence electrons. The smallest absolute Gasteiger partial charge is 0.348 e. The number of likely N-dealkylation sites (tertiary alicyclic amines) is 1. The van der Waals surface area contributed by atoms with E-state index in [0.717, 1.165) is 130 Å². The number of benzene rings is 6. The van der Waals surface area contributed by atoms with E-state index in [0.29, 0.717) is 72.6 Å². The highest BCUT2D eigenvalue weighted by Crippen LogP contribution is 2.46. The quantitative estimate of drug-likeness (QED) is 0.0109. The molecule has 129 heavy (non-hydrogen) atoms. The lowest BCUT2D eigenvalue weighted by atomic mass is 10.1. The number of fused-ring (bicyclic) bond motifs is 9. The van der Waals surface area contributed by atoms with Gasteiger partial charge >= 0.3 is 11.9 Å². The Morgan fingerprint density at radius 2 is 1.00 bits per heavy atom. The first-order valence-electron chi connectivity index (χ1n) is 44.6. The number of carbonyl (C=O) groups excluding carboxylic acids is 9. The SMILES string of the molecule is C=CCN(CC=C)c1ccccc1C=O.C=CCN1CCC(C=O)=C(Cl)c2ccccc21.C=CCN1CCCC(=O)c2ccccc21.C=CCN1CCc2cc(C(=O)OCC)sc2-c2ccccc21.C=CCN1c2ccccc2C2CCC1O2.C=CCNCC=C.CC.CC.CC.CC.CC.CC.CCOC(=O)CS.CN1C(=O)CC(=O)CC1=O.O=Cc1ccccc1F. The fourth-order valence-electron chi connectivity index (χ4n) is 12.8. The number of piperidine rings is 1. The van der Waals surface area contributed by atoms with Gasteiger partial charge in [0.2, 0.25) is 11.8 Å². The minimum Gasteiger partial charge on any atom is -0.465 e. The van der Waals surface area contributed by atoms with E-state index < -0.39 is 17.6 Å². The van der Waals surface area contributed by atoms with Crippen molar-refractivity contribution in [1.29, 1.82) is 0 Å². The third-order valence-electron chi connectivity index (χ3n) is 18.3. The number of rotatable bonds is 24. The first kappa shape index (κ1) is 120. The Hall–Kier alpha value is -11.4. The Morgan fingerprint density at radius 1 is 0.543 bits per heavy atom. The summed E-state index contributed by atoms with van der Waals surface area (Å²) < 4.78 is 27.9. The van der Waals surface area contributed by atoms with E-state index in [1.807, 2.05) is 228 Å². The monoisotopic (exact) mass is 1830 g/mol. The first-order valence-corrected chi connectivity index (χ1v) is 46.4. The van der Waals surface area contributed by atoms with E-state index in [1.165, 1.54) is 63.5 Å². The van der Waals surface area contributed by atoms with Crippen LogP contribution in [-0.4, -0.2) is 163 Å². The van der Waals surface area contributed by atoms with E-state index in [-0.39, 0.29) is 53.9 Å². The molecule has 0 spiro atoms. The molecule has 2 saturated heterocycles. The summed E-state index contributed by atoms with van der Waals surface area (Å²) >= 11 is 11.5. The highest BCUT2D eigenvalue weighted by Gasteiger charge is 2.38. The predicted octanol–water partition coefficient (Wildman–Crippen LogP) is 24.1. The van der Waals surface area contributed by atoms with Crippen molar-refractivity contribution in [2.75, 3.05) is 123 Å². The number of halogens is 2. The fraction of sp³-hybridized carbons (Fsp3) is 0.368. The summed E-state index contributed by atoms with van der Waals surface area (Å²) in [6.07, 6.45) is 22.9. The molecule has 2 amide bonds. The number of hydrogen-bond acceptors (Lipinski definition) is 20. The second-order valence-corrected chi connectivity index (χ2v) is 28.1. The fourth-order valence-corrected chi connectivity index (χ4v) is 14.3. The van der Waals surface area contributed by atoms with Crippen molar-refractivity contribution in [3.8, 4) is 10.4 Å². The number of anilines is 5. The van der Waals surface area contributed by atoms with Crippen molar-refractivity contribution in [3.05, 3.63) is 303 Å². The lowest BCUT2D eigenvalue weighted by Gasteiger charge is -2.36. The molecule has 0 radical (unpaired) electrons. The van der Waals surface area contributed by atoms with Gasteiger partial charge in [0.15, 0.2) is 24.1 Å². The molecule has 13 rings (SSSR count). The number of nitrogens with one attached hydrogen (secondary N) is 1. The number of nitrogens with zero attached hydrogens (tertiary/aromatic N) is 6. The molecule has 6 aliphatic rings. The van der Waals surface area contributed by atoms with E-state index in [2.05, 4.69) is 137 Å². The molecule has 23 heteroatoms. The number of hydrogen-bond donors (Lipinski definition) is 2. The molecule has 7 aromatic rings. The minimum absolute atomic E-state index is 0.109. The van der Waals surface area contributed by atoms with Crippen LogP contribution in [0, 0.1) is 5.82 Å². The number of amides is 2. The van der Waals surface area contributed by atoms with E-state index in [1.54, 1.807) is 19.1 Å². The van der Waals surface area contributed by atoms with Crippen LogP contribution in [-0.2, 0) is 44.6 Å². The molecule has 1 N–H and O–H groups in total. The van der Waals surface area contributed by atoms with Gasteiger partial charge in [-0.25, -0.2) is 9.18 Å². The zero-order valence-electron chi connectivity index (χ0n) is 79.3. The summed E-state index contributed by atoms with van der Waals surface area (Å²) in [4.78, 5) is 112. The molecule has 0 aliphatic carbocycles. The van der Waals surface area contributed by atoms with Crippen molar-refractivity contribution in [3.63, 3.8) is 0 Å². The molecule has 6 aliphatic heterocycles. The zero-order valence-corrected chi connectivity index (χ0v) is 81.8. The summed E-state index contributed by atoms with van der Waals surface area (Å²) in [7, 11) is 1.39. The normalized spacial score (nSPS) is 13.7. The molecule has 2 fully saturated rings. The van der Waals surface area contributed by atoms with Crippen LogP contribution in [0.15, 0.2) is 258 Å². The van der Waals surface area contributed by atoms with Gasteiger partial charge in [0.1, 0.15) is 23.2 Å². The topological polar surface area (TPSA) is 213 Å². The van der Waals surface area contributed by atoms with Crippen LogP contribution in [0.1, 0.15) is 205 Å². The molecule has 2 unspecified atom stereocenters. The van der Waals surface area contributed by atoms with Crippen LogP contribution in [0.4, 0.5) is 32.8 Å². The van der Waals surface area contributed by atoms with Crippen molar-refractivity contribution < 1.29 is 61.8 Å². The Labute approximate surface area is 786 Å². The van der Waals surface area contributed by atoms with Crippen LogP contribution in [0.3, 0.4) is 0 Å². The van der Waals surface area contributed by atoms with Crippen LogP contribution >= 0.6 is 35.6 Å². The minimum atomic E-state index is -0.465. The lowest BCUT2D eigenvalue weighted by molar-refractivity contribution is -0.150. The highest BCUT2D eigenvalue weighted by atomic mass is 35.5. The summed E-state index contributed by atoms with van der Waals surface area (Å²) in [5.41, 5.74) is 12.6. The van der Waals surface area contributed by atoms with Gasteiger partial charge in [0.25, 0.3) is 0 Å². The van der Waals surface area contributed by atoms with E-state index in [4.69, 9.17) is 21.1 Å². The Bertz CT molecular complexity index is 4520. The number of esters is 2. The number of Topliss-reactive ketones (excluding diaryl/α,β-unsaturated/α-hetero) is 2. The van der Waals surface area contributed by atoms with Gasteiger partial charge in [-0.2, -0.15) is 12.6 Å². The van der Waals surface area contributed by atoms with Crippen LogP contribution in [0.25, 0.3) is 15.5 Å². The Balaban J connectivity index is 0. The summed E-state index contributed by atoms with van der Waals surface area (Å²) in [5, 5.41) is 3.62. The number of thiol groups is 1. The van der Waals surface area contributed by atoms with Gasteiger partial charge in [0.05, 0.1) is 48.5 Å². The standard InChI is InChI=1S/C18H19NO2S.C14H14ClNO.3C13H15NO.C7H5FO.C6H7NO3.C6H11N.C4H8O2S.6C2H6/c1-3-10-19-11-9-13-12-16(18(20)21-4-2)22-17(13)14-7-5-6-8-15(14)19;1-2-8-16-9-7-11(10-17)14(15)12-5-3-4-6-13(12)16;1-2-9-14-11-6-4-3-5-10(11)12-7-8-13(14)15-12;1-2-9-14-10-5-8-13(15)11-6-3-4-7-12(11)14;1-3-9-14(10-4-2)13-8-6-5-7-12(13)11-15;8-7-4-2-1-3-6(7)5-9;1-7-5(9)2-4(8)3-6(7)10;1-3-5-7-6-4-2;1-2-6-4(5)3-7;6*1-2/h3,5-8,12H,1,4,9-11H2,2H3;2-6,10H,1,7-9H2;2-6,12-13H,1,7-9H2;2-4,6-7H,1,5,8-10H2;3-8,11H,1-2,9-10H2;1-5H;2-3H2,1H3;3-4,7H,1-2,5-6H2;7H,2-3H2,1H3;6*1-2H3. The molecule has 1 aromatic heterocycles. The molecule has 19 nitrogen and oxygen atoms in total. The van der Waals surface area contributed by atoms with Gasteiger partial charge in [-0.05, 0) is 112 Å². The van der Waals surface area contributed by atoms with Crippen molar-refractivity contribution in [2.45, 2.75) is 161 Å². The van der Waals surface area contributed by atoms with Gasteiger partial charge in [-0.3, -0.25) is 43.3 Å². The maximum atomic E-state index is 12.4. The lowest BCUT2D eigenvalue weighted by Crippen LogP contribution is -2.40. The number of imide groups is 1.